The van der Waals surface area contributed by atoms with Gasteiger partial charge in [0.15, 0.2) is 5.82 Å². The highest BCUT2D eigenvalue weighted by Crippen LogP contribution is 2.43. The number of rotatable bonds is 7. The second-order valence-electron chi connectivity index (χ2n) is 12.9. The molecule has 2 aromatic heterocycles. The number of hydrogen-bond acceptors (Lipinski definition) is 8. The molecule has 2 aromatic carbocycles. The van der Waals surface area contributed by atoms with Crippen LogP contribution < -0.4 is 20.3 Å². The van der Waals surface area contributed by atoms with Crippen LogP contribution in [0.1, 0.15) is 38.5 Å². The first-order valence-corrected chi connectivity index (χ1v) is 16.2. The molecule has 10 nitrogen and oxygen atoms in total. The number of pyridine rings is 1. The van der Waals surface area contributed by atoms with E-state index >= 15 is 4.39 Å². The van der Waals surface area contributed by atoms with Crippen molar-refractivity contribution in [2.75, 3.05) is 37.7 Å². The Labute approximate surface area is 264 Å². The van der Waals surface area contributed by atoms with Crippen molar-refractivity contribution in [3.8, 4) is 17.3 Å². The van der Waals surface area contributed by atoms with Gasteiger partial charge in [-0.2, -0.15) is 9.97 Å². The summed E-state index contributed by atoms with van der Waals surface area (Å²) in [5.41, 5.74) is 0.736. The number of carboxylic acid groups (broad SMARTS) is 1. The van der Waals surface area contributed by atoms with Gasteiger partial charge in [0.1, 0.15) is 23.6 Å². The summed E-state index contributed by atoms with van der Waals surface area (Å²) in [5, 5.41) is 18.1. The zero-order valence-electron chi connectivity index (χ0n) is 24.8. The van der Waals surface area contributed by atoms with E-state index in [1.54, 1.807) is 12.3 Å². The molecule has 4 fully saturated rings. The summed E-state index contributed by atoms with van der Waals surface area (Å²) < 4.78 is 23.1. The summed E-state index contributed by atoms with van der Waals surface area (Å²) in [6.07, 6.45) is 6.60. The van der Waals surface area contributed by atoms with Crippen LogP contribution in [0.2, 0.25) is 5.02 Å². The van der Waals surface area contributed by atoms with Crippen molar-refractivity contribution in [3.05, 3.63) is 53.4 Å². The van der Waals surface area contributed by atoms with E-state index in [2.05, 4.69) is 25.4 Å². The molecule has 3 N–H and O–H groups in total. The number of hydrogen-bond donors (Lipinski definition) is 3. The van der Waals surface area contributed by atoms with Crippen LogP contribution in [0.15, 0.2) is 42.6 Å². The smallest absolute Gasteiger partial charge is 0.404 e. The van der Waals surface area contributed by atoms with Crippen LogP contribution in [0.5, 0.6) is 6.01 Å². The summed E-state index contributed by atoms with van der Waals surface area (Å²) in [6, 6.07) is 12.3. The summed E-state index contributed by atoms with van der Waals surface area (Å²) >= 11 is 6.62. The van der Waals surface area contributed by atoms with Gasteiger partial charge in [0.25, 0.3) is 0 Å². The quantitative estimate of drug-likeness (QED) is 0.252. The van der Waals surface area contributed by atoms with Crippen molar-refractivity contribution in [2.24, 2.45) is 0 Å². The van der Waals surface area contributed by atoms with Crippen molar-refractivity contribution < 1.29 is 19.0 Å². The standard InChI is InChI=1S/C33H35ClFN7O3/c34-25-7-2-5-19-4-1-6-23(26(19)25)28-27(35)29-24(15-36-28)30(41-16-20-8-9-21(17-41)38-20)40-31(39-29)45-18-33-11-3-13-42(33)22(10-12-33)14-37-32(43)44/h1-2,4-7,15,20-22,37-38H,3,8-14,16-18H2,(H,43,44). The monoisotopic (exact) mass is 631 g/mol. The Morgan fingerprint density at radius 3 is 2.73 bits per heavy atom. The molecule has 1 amide bonds. The predicted molar refractivity (Wildman–Crippen MR) is 171 cm³/mol. The first-order valence-electron chi connectivity index (χ1n) is 15.8. The van der Waals surface area contributed by atoms with Crippen LogP contribution >= 0.6 is 11.6 Å². The van der Waals surface area contributed by atoms with Crippen LogP contribution in [0, 0.1) is 5.82 Å². The summed E-state index contributed by atoms with van der Waals surface area (Å²) in [5.74, 6) is 0.103. The van der Waals surface area contributed by atoms with E-state index in [1.165, 1.54) is 0 Å². The van der Waals surface area contributed by atoms with E-state index in [0.717, 1.165) is 68.9 Å². The molecule has 4 aromatic rings. The molecule has 0 radical (unpaired) electrons. The Morgan fingerprint density at radius 1 is 1.13 bits per heavy atom. The molecule has 6 heterocycles. The minimum atomic E-state index is -1.01. The van der Waals surface area contributed by atoms with Crippen LogP contribution in [-0.4, -0.2) is 87.5 Å². The minimum absolute atomic E-state index is 0.121. The van der Waals surface area contributed by atoms with Crippen molar-refractivity contribution in [1.29, 1.82) is 0 Å². The summed E-state index contributed by atoms with van der Waals surface area (Å²) in [6.45, 7) is 3.16. The van der Waals surface area contributed by atoms with Crippen molar-refractivity contribution in [2.45, 2.75) is 62.2 Å². The van der Waals surface area contributed by atoms with Gasteiger partial charge < -0.3 is 25.4 Å². The lowest BCUT2D eigenvalue weighted by molar-refractivity contribution is 0.0840. The van der Waals surface area contributed by atoms with Crippen LogP contribution in [0.3, 0.4) is 0 Å². The maximum Gasteiger partial charge on any atom is 0.404 e. The van der Waals surface area contributed by atoms with E-state index < -0.39 is 11.9 Å². The highest BCUT2D eigenvalue weighted by molar-refractivity contribution is 6.36. The Hall–Kier alpha value is -3.80. The Morgan fingerprint density at radius 2 is 1.93 bits per heavy atom. The lowest BCUT2D eigenvalue weighted by Crippen LogP contribution is -2.51. The number of benzene rings is 2. The molecule has 4 unspecified atom stereocenters. The van der Waals surface area contributed by atoms with Gasteiger partial charge in [-0.05, 0) is 56.5 Å². The molecule has 0 aliphatic carbocycles. The van der Waals surface area contributed by atoms with Crippen molar-refractivity contribution in [3.63, 3.8) is 0 Å². The third-order valence-corrected chi connectivity index (χ3v) is 10.6. The van der Waals surface area contributed by atoms with E-state index in [0.29, 0.717) is 47.0 Å². The van der Waals surface area contributed by atoms with Gasteiger partial charge in [0, 0.05) is 59.9 Å². The SMILES string of the molecule is O=C(O)NCC1CCC2(COc3nc(N4CC5CCC(C4)N5)c4cnc(-c5cccc6cccc(Cl)c56)c(F)c4n3)CCCN12. The predicted octanol–water partition coefficient (Wildman–Crippen LogP) is 5.22. The molecule has 45 heavy (non-hydrogen) atoms. The van der Waals surface area contributed by atoms with Gasteiger partial charge in [0.05, 0.1) is 10.9 Å². The molecule has 4 atom stereocenters. The fourth-order valence-electron chi connectivity index (χ4n) is 8.21. The Bertz CT molecular complexity index is 1790. The number of piperazine rings is 1. The van der Waals surface area contributed by atoms with E-state index in [9.17, 15) is 4.79 Å². The number of nitrogens with zero attached hydrogens (tertiary/aromatic N) is 5. The van der Waals surface area contributed by atoms with Gasteiger partial charge in [-0.15, -0.1) is 0 Å². The van der Waals surface area contributed by atoms with Gasteiger partial charge >= 0.3 is 12.1 Å². The van der Waals surface area contributed by atoms with E-state index in [-0.39, 0.29) is 28.8 Å². The fourth-order valence-corrected chi connectivity index (χ4v) is 8.49. The minimum Gasteiger partial charge on any atom is -0.465 e. The lowest BCUT2D eigenvalue weighted by atomic mass is 9.95. The molecule has 12 heteroatoms. The number of halogens is 2. The fraction of sp³-hybridized carbons (Fsp3) is 0.455. The number of aromatic nitrogens is 3. The average molecular weight is 632 g/mol. The molecule has 8 rings (SSSR count). The number of amides is 1. The van der Waals surface area contributed by atoms with Crippen molar-refractivity contribution in [1.82, 2.24) is 30.5 Å². The second kappa shape index (κ2) is 11.2. The maximum absolute atomic E-state index is 16.7. The molecule has 4 saturated heterocycles. The van der Waals surface area contributed by atoms with E-state index in [1.807, 2.05) is 30.3 Å². The normalized spacial score (nSPS) is 26.1. The average Bonchev–Trinajstić information content (AvgIpc) is 3.71. The molecule has 234 valence electrons. The maximum atomic E-state index is 16.7. The first-order chi connectivity index (χ1) is 21.9. The van der Waals surface area contributed by atoms with E-state index in [4.69, 9.17) is 31.4 Å². The lowest BCUT2D eigenvalue weighted by Gasteiger charge is -2.35. The highest BCUT2D eigenvalue weighted by Gasteiger charge is 2.50. The van der Waals surface area contributed by atoms with Crippen molar-refractivity contribution >= 4 is 45.2 Å². The third-order valence-electron chi connectivity index (χ3n) is 10.3. The summed E-state index contributed by atoms with van der Waals surface area (Å²) in [7, 11) is 0. The number of anilines is 1. The van der Waals surface area contributed by atoms with Gasteiger partial charge in [-0.1, -0.05) is 41.9 Å². The molecule has 4 aliphatic rings. The van der Waals surface area contributed by atoms with Crippen LogP contribution in [0.4, 0.5) is 15.0 Å². The zero-order chi connectivity index (χ0) is 30.7. The van der Waals surface area contributed by atoms with Crippen LogP contribution in [0.25, 0.3) is 32.9 Å². The molecular formula is C33H35ClFN7O3. The Kier molecular flexibility index (Phi) is 7.15. The third kappa shape index (κ3) is 5.01. The van der Waals surface area contributed by atoms with Gasteiger partial charge in [0.2, 0.25) is 0 Å². The number of ether oxygens (including phenoxy) is 1. The molecule has 4 aliphatic heterocycles. The highest BCUT2D eigenvalue weighted by atomic mass is 35.5. The number of fused-ring (bicyclic) bond motifs is 5. The first kappa shape index (κ1) is 28.7. The van der Waals surface area contributed by atoms with Crippen LogP contribution in [-0.2, 0) is 0 Å². The number of carbonyl (C=O) groups is 1. The summed E-state index contributed by atoms with van der Waals surface area (Å²) in [4.78, 5) is 30.0. The second-order valence-corrected chi connectivity index (χ2v) is 13.3. The molecule has 0 spiro atoms. The zero-order valence-corrected chi connectivity index (χ0v) is 25.6. The number of nitrogens with one attached hydrogen (secondary N) is 2. The Balaban J connectivity index is 1.18. The van der Waals surface area contributed by atoms with Gasteiger partial charge in [-0.3, -0.25) is 9.88 Å². The molecule has 2 bridgehead atoms. The molecular weight excluding hydrogens is 597 g/mol. The topological polar surface area (TPSA) is 116 Å². The molecule has 0 saturated carbocycles. The van der Waals surface area contributed by atoms with Gasteiger partial charge in [-0.25, -0.2) is 9.18 Å². The largest absolute Gasteiger partial charge is 0.465 e.